The molecule has 108 valence electrons. The van der Waals surface area contributed by atoms with Gasteiger partial charge in [0.1, 0.15) is 0 Å². The summed E-state index contributed by atoms with van der Waals surface area (Å²) in [5.74, 6) is 0. The Morgan fingerprint density at radius 2 is 2.00 bits per heavy atom. The number of anilines is 1. The van der Waals surface area contributed by atoms with Crippen molar-refractivity contribution in [2.45, 2.75) is 18.4 Å². The maximum atomic E-state index is 13.0. The quantitative estimate of drug-likeness (QED) is 0.572. The molecule has 6 heteroatoms. The smallest absolute Gasteiger partial charge is 0.380 e. The van der Waals surface area contributed by atoms with Crippen LogP contribution < -0.4 is 4.90 Å². The Labute approximate surface area is 119 Å². The molecule has 0 amide bonds. The van der Waals surface area contributed by atoms with Crippen molar-refractivity contribution in [3.63, 3.8) is 0 Å². The molecule has 0 aliphatic heterocycles. The lowest BCUT2D eigenvalue weighted by Crippen LogP contribution is -2.25. The number of ether oxygens (including phenoxy) is 1. The highest BCUT2D eigenvalue weighted by Crippen LogP contribution is 2.37. The van der Waals surface area contributed by atoms with Crippen molar-refractivity contribution < 1.29 is 17.9 Å². The second-order valence-corrected chi connectivity index (χ2v) is 4.66. The first kappa shape index (κ1) is 16.3. The van der Waals surface area contributed by atoms with Crippen LogP contribution in [0.2, 0.25) is 0 Å². The van der Waals surface area contributed by atoms with Crippen molar-refractivity contribution in [2.75, 3.05) is 31.7 Å². The molecule has 1 rings (SSSR count). The molecule has 1 aromatic rings. The van der Waals surface area contributed by atoms with E-state index in [-0.39, 0.29) is 5.69 Å². The fourth-order valence-electron chi connectivity index (χ4n) is 1.69. The van der Waals surface area contributed by atoms with E-state index in [1.807, 2.05) is 6.92 Å². The largest absolute Gasteiger partial charge is 0.418 e. The molecule has 0 aliphatic carbocycles. The van der Waals surface area contributed by atoms with Crippen LogP contribution in [0.5, 0.6) is 0 Å². The summed E-state index contributed by atoms with van der Waals surface area (Å²) >= 11 is 3.17. The van der Waals surface area contributed by atoms with Crippen molar-refractivity contribution in [3.05, 3.63) is 29.3 Å². The van der Waals surface area contributed by atoms with Crippen molar-refractivity contribution in [3.8, 4) is 0 Å². The Morgan fingerprint density at radius 1 is 1.32 bits per heavy atom. The number of halogens is 4. The maximum absolute atomic E-state index is 13.0. The Hall–Kier alpha value is -0.750. The molecule has 0 unspecified atom stereocenters. The van der Waals surface area contributed by atoms with Gasteiger partial charge in [-0.05, 0) is 24.6 Å². The lowest BCUT2D eigenvalue weighted by atomic mass is 10.1. The number of hydrogen-bond acceptors (Lipinski definition) is 2. The van der Waals surface area contributed by atoms with E-state index in [4.69, 9.17) is 4.74 Å². The highest BCUT2D eigenvalue weighted by molar-refractivity contribution is 9.08. The highest BCUT2D eigenvalue weighted by atomic mass is 79.9. The SMILES string of the molecule is CCOCCN(C)c1ccc(CBr)cc1C(F)(F)F. The van der Waals surface area contributed by atoms with Gasteiger partial charge in [-0.15, -0.1) is 0 Å². The Morgan fingerprint density at radius 3 is 2.53 bits per heavy atom. The van der Waals surface area contributed by atoms with Crippen LogP contribution in [0.4, 0.5) is 18.9 Å². The van der Waals surface area contributed by atoms with Gasteiger partial charge in [-0.25, -0.2) is 0 Å². The van der Waals surface area contributed by atoms with Crippen molar-refractivity contribution in [1.29, 1.82) is 0 Å². The molecule has 0 heterocycles. The molecule has 0 fully saturated rings. The van der Waals surface area contributed by atoms with Gasteiger partial charge in [-0.2, -0.15) is 13.2 Å². The van der Waals surface area contributed by atoms with Crippen molar-refractivity contribution in [2.24, 2.45) is 0 Å². The summed E-state index contributed by atoms with van der Waals surface area (Å²) in [5.41, 5.74) is 0.176. The summed E-state index contributed by atoms with van der Waals surface area (Å²) in [6.45, 7) is 3.24. The minimum Gasteiger partial charge on any atom is -0.380 e. The summed E-state index contributed by atoms with van der Waals surface area (Å²) in [7, 11) is 1.64. The lowest BCUT2D eigenvalue weighted by Gasteiger charge is -2.24. The summed E-state index contributed by atoms with van der Waals surface area (Å²) in [5, 5.41) is 0.402. The van der Waals surface area contributed by atoms with Crippen LogP contribution in [0.15, 0.2) is 18.2 Å². The standard InChI is InChI=1S/C13H17BrF3NO/c1-3-19-7-6-18(2)12-5-4-10(9-14)8-11(12)13(15,16)17/h4-5,8H,3,6-7,9H2,1-2H3. The lowest BCUT2D eigenvalue weighted by molar-refractivity contribution is -0.137. The van der Waals surface area contributed by atoms with Gasteiger partial charge in [0.2, 0.25) is 0 Å². The number of benzene rings is 1. The Bertz CT molecular complexity index is 409. The predicted molar refractivity (Wildman–Crippen MR) is 73.8 cm³/mol. The second-order valence-electron chi connectivity index (χ2n) is 4.10. The third-order valence-electron chi connectivity index (χ3n) is 2.71. The molecule has 0 N–H and O–H groups in total. The molecule has 0 saturated heterocycles. The number of nitrogens with zero attached hydrogens (tertiary/aromatic N) is 1. The van der Waals surface area contributed by atoms with Gasteiger partial charge < -0.3 is 9.64 Å². The van der Waals surface area contributed by atoms with Crippen molar-refractivity contribution in [1.82, 2.24) is 0 Å². The van der Waals surface area contributed by atoms with E-state index in [0.717, 1.165) is 0 Å². The molecule has 0 aromatic heterocycles. The van der Waals surface area contributed by atoms with E-state index in [9.17, 15) is 13.2 Å². The van der Waals surface area contributed by atoms with Gasteiger partial charge in [0, 0.05) is 31.2 Å². The summed E-state index contributed by atoms with van der Waals surface area (Å²) in [6, 6.07) is 4.38. The van der Waals surface area contributed by atoms with Gasteiger partial charge in [-0.1, -0.05) is 22.0 Å². The Kier molecular flexibility index (Phi) is 6.13. The van der Waals surface area contributed by atoms with Gasteiger partial charge >= 0.3 is 6.18 Å². The molecule has 0 spiro atoms. The Balaban J connectivity index is 2.98. The van der Waals surface area contributed by atoms with Crippen LogP contribution in [0.3, 0.4) is 0 Å². The zero-order chi connectivity index (χ0) is 14.5. The zero-order valence-corrected chi connectivity index (χ0v) is 12.5. The molecule has 0 atom stereocenters. The molecular weight excluding hydrogens is 323 g/mol. The first-order valence-electron chi connectivity index (χ1n) is 5.95. The molecule has 0 saturated carbocycles. The fourth-order valence-corrected chi connectivity index (χ4v) is 2.04. The number of alkyl halides is 4. The summed E-state index contributed by atoms with van der Waals surface area (Å²) < 4.78 is 44.3. The average molecular weight is 340 g/mol. The molecule has 19 heavy (non-hydrogen) atoms. The first-order valence-corrected chi connectivity index (χ1v) is 7.07. The summed E-state index contributed by atoms with van der Waals surface area (Å²) in [6.07, 6.45) is -4.35. The number of likely N-dealkylation sites (N-methyl/N-ethyl adjacent to an activating group) is 1. The van der Waals surface area contributed by atoms with Gasteiger partial charge in [0.05, 0.1) is 12.2 Å². The maximum Gasteiger partial charge on any atom is 0.418 e. The van der Waals surface area contributed by atoms with Crippen LogP contribution in [-0.4, -0.2) is 26.8 Å². The van der Waals surface area contributed by atoms with Crippen LogP contribution in [0.25, 0.3) is 0 Å². The third kappa shape index (κ3) is 4.69. The minimum absolute atomic E-state index is 0.178. The summed E-state index contributed by atoms with van der Waals surface area (Å²) in [4.78, 5) is 1.57. The van der Waals surface area contributed by atoms with Crippen LogP contribution in [-0.2, 0) is 16.2 Å². The van der Waals surface area contributed by atoms with Gasteiger partial charge in [0.15, 0.2) is 0 Å². The average Bonchev–Trinajstić information content (AvgIpc) is 2.37. The minimum atomic E-state index is -4.35. The fraction of sp³-hybridized carbons (Fsp3) is 0.538. The highest BCUT2D eigenvalue weighted by Gasteiger charge is 2.34. The van der Waals surface area contributed by atoms with Gasteiger partial charge in [0.25, 0.3) is 0 Å². The van der Waals surface area contributed by atoms with Crippen LogP contribution >= 0.6 is 15.9 Å². The van der Waals surface area contributed by atoms with E-state index < -0.39 is 11.7 Å². The third-order valence-corrected chi connectivity index (χ3v) is 3.35. The number of rotatable bonds is 6. The van der Waals surface area contributed by atoms with E-state index in [1.165, 1.54) is 12.1 Å². The molecule has 1 aromatic carbocycles. The molecule has 0 bridgehead atoms. The van der Waals surface area contributed by atoms with E-state index in [0.29, 0.717) is 30.7 Å². The monoisotopic (exact) mass is 339 g/mol. The number of hydrogen-bond donors (Lipinski definition) is 0. The molecule has 0 aliphatic rings. The van der Waals surface area contributed by atoms with Crippen LogP contribution in [0.1, 0.15) is 18.1 Å². The molecular formula is C13H17BrF3NO. The predicted octanol–water partition coefficient (Wildman–Crippen LogP) is 4.07. The first-order chi connectivity index (χ1) is 8.90. The van der Waals surface area contributed by atoms with Crippen molar-refractivity contribution >= 4 is 21.6 Å². The normalized spacial score (nSPS) is 11.7. The van der Waals surface area contributed by atoms with Gasteiger partial charge in [-0.3, -0.25) is 0 Å². The topological polar surface area (TPSA) is 12.5 Å². The zero-order valence-electron chi connectivity index (χ0n) is 10.9. The molecule has 2 nitrogen and oxygen atoms in total. The van der Waals surface area contributed by atoms with E-state index >= 15 is 0 Å². The van der Waals surface area contributed by atoms with E-state index in [1.54, 1.807) is 18.0 Å². The van der Waals surface area contributed by atoms with Crippen LogP contribution in [0, 0.1) is 0 Å². The van der Waals surface area contributed by atoms with E-state index in [2.05, 4.69) is 15.9 Å². The molecule has 0 radical (unpaired) electrons. The second kappa shape index (κ2) is 7.14.